The minimum Gasteiger partial charge on any atom is -0.465 e. The van der Waals surface area contributed by atoms with Crippen LogP contribution in [-0.2, 0) is 11.3 Å². The molecule has 1 aromatic rings. The Morgan fingerprint density at radius 1 is 1.27 bits per heavy atom. The van der Waals surface area contributed by atoms with E-state index in [9.17, 15) is 14.0 Å². The number of alkyl halides is 1. The molecule has 7 heteroatoms. The number of nitrogens with zero attached hydrogens (tertiary/aromatic N) is 1. The van der Waals surface area contributed by atoms with Crippen molar-refractivity contribution in [3.05, 3.63) is 35.9 Å². The molecule has 2 amide bonds. The molecule has 0 spiro atoms. The van der Waals surface area contributed by atoms with Gasteiger partial charge in [-0.15, -0.1) is 0 Å². The Kier molecular flexibility index (Phi) is 7.69. The van der Waals surface area contributed by atoms with Gasteiger partial charge in [-0.2, -0.15) is 0 Å². The van der Waals surface area contributed by atoms with Crippen molar-refractivity contribution < 1.29 is 23.8 Å². The second kappa shape index (κ2) is 9.99. The summed E-state index contributed by atoms with van der Waals surface area (Å²) in [6, 6.07) is 8.95. The fourth-order valence-electron chi connectivity index (χ4n) is 3.35. The van der Waals surface area contributed by atoms with Crippen LogP contribution >= 0.6 is 0 Å². The summed E-state index contributed by atoms with van der Waals surface area (Å²) >= 11 is 0. The molecule has 0 saturated heterocycles. The maximum atomic E-state index is 13.3. The molecule has 26 heavy (non-hydrogen) atoms. The number of carbonyl (C=O) groups excluding carboxylic acids is 1. The van der Waals surface area contributed by atoms with E-state index >= 15 is 0 Å². The molecule has 2 rings (SSSR count). The average Bonchev–Trinajstić information content (AvgIpc) is 2.62. The van der Waals surface area contributed by atoms with Crippen LogP contribution in [-0.4, -0.2) is 48.0 Å². The molecule has 0 aromatic heterocycles. The smallest absolute Gasteiger partial charge is 0.409 e. The lowest BCUT2D eigenvalue weighted by atomic mass is 9.84. The van der Waals surface area contributed by atoms with E-state index in [2.05, 4.69) is 5.32 Å². The van der Waals surface area contributed by atoms with Gasteiger partial charge in [-0.1, -0.05) is 30.3 Å². The fraction of sp³-hybridized carbons (Fsp3) is 0.579. The maximum absolute atomic E-state index is 13.3. The van der Waals surface area contributed by atoms with Crippen LogP contribution in [0.1, 0.15) is 37.7 Å². The second-order valence-corrected chi connectivity index (χ2v) is 6.92. The second-order valence-electron chi connectivity index (χ2n) is 6.92. The van der Waals surface area contributed by atoms with E-state index in [0.29, 0.717) is 19.3 Å². The lowest BCUT2D eigenvalue weighted by molar-refractivity contribution is 0.0980. The van der Waals surface area contributed by atoms with E-state index in [4.69, 9.17) is 9.84 Å². The molecular formula is C19H27FN2O4. The zero-order valence-corrected chi connectivity index (χ0v) is 15.1. The van der Waals surface area contributed by atoms with Gasteiger partial charge in [0.25, 0.3) is 0 Å². The number of carboxylic acid groups (broad SMARTS) is 1. The molecular weight excluding hydrogens is 339 g/mol. The molecule has 0 radical (unpaired) electrons. The molecule has 1 aliphatic carbocycles. The van der Waals surface area contributed by atoms with E-state index in [-0.39, 0.29) is 19.1 Å². The minimum atomic E-state index is -1.12. The zero-order chi connectivity index (χ0) is 18.9. The van der Waals surface area contributed by atoms with Gasteiger partial charge in [0.2, 0.25) is 0 Å². The van der Waals surface area contributed by atoms with Crippen molar-refractivity contribution in [1.82, 2.24) is 10.2 Å². The van der Waals surface area contributed by atoms with Crippen LogP contribution in [0.15, 0.2) is 30.3 Å². The molecule has 1 saturated carbocycles. The Bertz CT molecular complexity index is 576. The Hall–Kier alpha value is -2.31. The Balaban J connectivity index is 1.83. The van der Waals surface area contributed by atoms with Gasteiger partial charge in [0.05, 0.1) is 6.04 Å². The first-order valence-corrected chi connectivity index (χ1v) is 8.99. The molecule has 144 valence electrons. The first-order valence-electron chi connectivity index (χ1n) is 8.99. The van der Waals surface area contributed by atoms with Gasteiger partial charge >= 0.3 is 12.2 Å². The predicted molar refractivity (Wildman–Crippen MR) is 95.7 cm³/mol. The number of likely N-dealkylation sites (N-methyl/N-ethyl adjacent to an activating group) is 1. The van der Waals surface area contributed by atoms with E-state index in [1.54, 1.807) is 7.05 Å². The molecule has 1 fully saturated rings. The third-order valence-electron chi connectivity index (χ3n) is 4.73. The van der Waals surface area contributed by atoms with Crippen molar-refractivity contribution in [1.29, 1.82) is 0 Å². The summed E-state index contributed by atoms with van der Waals surface area (Å²) in [4.78, 5) is 24.6. The van der Waals surface area contributed by atoms with Crippen LogP contribution < -0.4 is 5.32 Å². The van der Waals surface area contributed by atoms with Gasteiger partial charge in [-0.3, -0.25) is 0 Å². The van der Waals surface area contributed by atoms with Crippen LogP contribution in [0.25, 0.3) is 0 Å². The van der Waals surface area contributed by atoms with Gasteiger partial charge in [0, 0.05) is 13.6 Å². The molecule has 0 heterocycles. The lowest BCUT2D eigenvalue weighted by Gasteiger charge is -2.30. The highest BCUT2D eigenvalue weighted by molar-refractivity contribution is 5.68. The summed E-state index contributed by atoms with van der Waals surface area (Å²) in [5.41, 5.74) is 0.887. The Morgan fingerprint density at radius 2 is 1.92 bits per heavy atom. The number of hydrogen-bond donors (Lipinski definition) is 2. The molecule has 0 bridgehead atoms. The lowest BCUT2D eigenvalue weighted by Crippen LogP contribution is -2.45. The van der Waals surface area contributed by atoms with Crippen molar-refractivity contribution >= 4 is 12.2 Å². The number of halogens is 1. The summed E-state index contributed by atoms with van der Waals surface area (Å²) < 4.78 is 18.5. The third kappa shape index (κ3) is 6.90. The van der Waals surface area contributed by atoms with Gasteiger partial charge in [-0.25, -0.2) is 14.0 Å². The normalized spacial score (nSPS) is 20.8. The number of carbonyl (C=O) groups is 2. The van der Waals surface area contributed by atoms with Crippen molar-refractivity contribution in [3.63, 3.8) is 0 Å². The van der Waals surface area contributed by atoms with E-state index in [1.807, 2.05) is 30.3 Å². The number of rotatable bonds is 7. The summed E-state index contributed by atoms with van der Waals surface area (Å²) in [5.74, 6) is 0.271. The topological polar surface area (TPSA) is 78.9 Å². The summed E-state index contributed by atoms with van der Waals surface area (Å²) in [7, 11) is 1.59. The van der Waals surface area contributed by atoms with Crippen molar-refractivity contribution in [3.8, 4) is 0 Å². The summed E-state index contributed by atoms with van der Waals surface area (Å²) in [6.45, 7) is 0.386. The molecule has 2 N–H and O–H groups in total. The standard InChI is InChI=1S/C19H27FN2O4/c1-22(19(25)26-13-15-5-3-2-4-6-15)12-17(21-18(23)24)11-14-7-9-16(20)10-8-14/h2-6,14,16-17,21H,7-13H2,1H3,(H,23,24)/t14-,16+,17-/m0/s1. The van der Waals surface area contributed by atoms with Gasteiger partial charge < -0.3 is 20.1 Å². The fourth-order valence-corrected chi connectivity index (χ4v) is 3.35. The first-order chi connectivity index (χ1) is 12.4. The van der Waals surface area contributed by atoms with Crippen LogP contribution in [0.2, 0.25) is 0 Å². The molecule has 1 aromatic carbocycles. The van der Waals surface area contributed by atoms with Gasteiger partial charge in [0.15, 0.2) is 0 Å². The van der Waals surface area contributed by atoms with E-state index < -0.39 is 24.4 Å². The number of ether oxygens (including phenoxy) is 1. The largest absolute Gasteiger partial charge is 0.465 e. The summed E-state index contributed by atoms with van der Waals surface area (Å²) in [5, 5.41) is 11.5. The molecule has 0 unspecified atom stereocenters. The van der Waals surface area contributed by atoms with Crippen molar-refractivity contribution in [2.45, 2.75) is 50.9 Å². The SMILES string of the molecule is CN(C[C@H](C[C@H]1CC[C@@H](F)CC1)NC(=O)O)C(=O)OCc1ccccc1. The van der Waals surface area contributed by atoms with Crippen LogP contribution in [0.5, 0.6) is 0 Å². The van der Waals surface area contributed by atoms with Crippen molar-refractivity contribution in [2.75, 3.05) is 13.6 Å². The van der Waals surface area contributed by atoms with Crippen LogP contribution in [0.4, 0.5) is 14.0 Å². The Morgan fingerprint density at radius 3 is 2.54 bits per heavy atom. The Labute approximate surface area is 153 Å². The number of amides is 2. The van der Waals surface area contributed by atoms with E-state index in [0.717, 1.165) is 18.4 Å². The first kappa shape index (κ1) is 20.0. The zero-order valence-electron chi connectivity index (χ0n) is 15.1. The molecule has 1 aliphatic rings. The highest BCUT2D eigenvalue weighted by atomic mass is 19.1. The quantitative estimate of drug-likeness (QED) is 0.769. The number of benzene rings is 1. The molecule has 6 nitrogen and oxygen atoms in total. The van der Waals surface area contributed by atoms with Crippen molar-refractivity contribution in [2.24, 2.45) is 5.92 Å². The number of nitrogens with one attached hydrogen (secondary N) is 1. The van der Waals surface area contributed by atoms with Crippen LogP contribution in [0, 0.1) is 5.92 Å². The van der Waals surface area contributed by atoms with E-state index in [1.165, 1.54) is 4.90 Å². The minimum absolute atomic E-state index is 0.168. The maximum Gasteiger partial charge on any atom is 0.409 e. The summed E-state index contributed by atoms with van der Waals surface area (Å²) in [6.07, 6.45) is 0.780. The highest BCUT2D eigenvalue weighted by Crippen LogP contribution is 2.29. The predicted octanol–water partition coefficient (Wildman–Crippen LogP) is 3.81. The number of hydrogen-bond acceptors (Lipinski definition) is 3. The average molecular weight is 366 g/mol. The van der Waals surface area contributed by atoms with Gasteiger partial charge in [0.1, 0.15) is 12.8 Å². The van der Waals surface area contributed by atoms with Crippen LogP contribution in [0.3, 0.4) is 0 Å². The third-order valence-corrected chi connectivity index (χ3v) is 4.73. The molecule has 0 aliphatic heterocycles. The molecule has 1 atom stereocenters. The van der Waals surface area contributed by atoms with Gasteiger partial charge in [-0.05, 0) is 43.6 Å². The highest BCUT2D eigenvalue weighted by Gasteiger charge is 2.26. The monoisotopic (exact) mass is 366 g/mol.